The minimum absolute atomic E-state index is 0.585. The van der Waals surface area contributed by atoms with Crippen LogP contribution in [0.4, 0.5) is 68.2 Å². The molecule has 0 unspecified atom stereocenters. The van der Waals surface area contributed by atoms with Gasteiger partial charge in [-0.05, 0) is 263 Å². The van der Waals surface area contributed by atoms with Gasteiger partial charge in [-0.1, -0.05) is 297 Å². The Morgan fingerprint density at radius 2 is 0.557 bits per heavy atom. The van der Waals surface area contributed by atoms with Crippen molar-refractivity contribution in [3.63, 3.8) is 0 Å². The highest BCUT2D eigenvalue weighted by Crippen LogP contribution is 2.67. The number of rotatable bonds is 12. The number of benzene rings is 19. The Labute approximate surface area is 711 Å². The second-order valence-corrected chi connectivity index (χ2v) is 33.6. The van der Waals surface area contributed by atoms with Gasteiger partial charge in [-0.3, -0.25) is 0 Å². The van der Waals surface area contributed by atoms with Crippen LogP contribution in [0.2, 0.25) is 0 Å². The Hall–Kier alpha value is -15.6. The average Bonchev–Trinajstić information content (AvgIpc) is 1.49. The minimum Gasteiger partial charge on any atom is -0.456 e. The Kier molecular flexibility index (Phi) is 15.7. The minimum atomic E-state index is -0.641. The molecule has 2 aliphatic heterocycles. The number of hydrogen-bond donors (Lipinski definition) is 0. The maximum Gasteiger partial charge on any atom is 0.135 e. The summed E-state index contributed by atoms with van der Waals surface area (Å²) in [7, 11) is 0. The molecule has 0 fully saturated rings. The number of fused-ring (bicyclic) bond motifs is 24. The second kappa shape index (κ2) is 27.5. The highest BCUT2D eigenvalue weighted by atomic mass is 32.1. The van der Waals surface area contributed by atoms with E-state index in [9.17, 15) is 0 Å². The summed E-state index contributed by atoms with van der Waals surface area (Å²) in [5, 5.41) is 4.76. The maximum absolute atomic E-state index is 6.43. The van der Waals surface area contributed by atoms with Crippen LogP contribution >= 0.6 is 11.3 Å². The van der Waals surface area contributed by atoms with Gasteiger partial charge in [-0.25, -0.2) is 0 Å². The first kappa shape index (κ1) is 69.5. The van der Waals surface area contributed by atoms with Crippen LogP contribution < -0.4 is 19.6 Å². The van der Waals surface area contributed by atoms with E-state index >= 15 is 0 Å². The van der Waals surface area contributed by atoms with Gasteiger partial charge in [0.2, 0.25) is 0 Å². The van der Waals surface area contributed by atoms with E-state index in [0.29, 0.717) is 0 Å². The molecule has 4 heterocycles. The van der Waals surface area contributed by atoms with Crippen molar-refractivity contribution in [3.05, 3.63) is 493 Å². The normalized spacial score (nSPS) is 13.3. The largest absolute Gasteiger partial charge is 0.456 e. The van der Waals surface area contributed by atoms with Crippen molar-refractivity contribution in [1.29, 1.82) is 0 Å². The summed E-state index contributed by atoms with van der Waals surface area (Å²) in [5.74, 6) is 0. The molecular formula is C116H74N4OS. The lowest BCUT2D eigenvalue weighted by atomic mass is 9.64. The fraction of sp³-hybridized carbons (Fsp3) is 0.0172. The molecule has 2 aromatic heterocycles. The summed E-state index contributed by atoms with van der Waals surface area (Å²) >= 11 is 1.86. The molecule has 0 amide bonds. The number of nitrogens with zero attached hydrogens (tertiary/aromatic N) is 4. The Morgan fingerprint density at radius 3 is 1.13 bits per heavy atom. The van der Waals surface area contributed by atoms with Crippen LogP contribution in [0.15, 0.2) is 453 Å². The average molecular weight is 1570 g/mol. The second-order valence-electron chi connectivity index (χ2n) is 32.5. The molecule has 0 N–H and O–H groups in total. The van der Waals surface area contributed by atoms with E-state index in [0.717, 1.165) is 107 Å². The van der Waals surface area contributed by atoms with Crippen LogP contribution in [0.5, 0.6) is 0 Å². The molecule has 5 nitrogen and oxygen atoms in total. The first-order chi connectivity index (χ1) is 60.5. The first-order valence-corrected chi connectivity index (χ1v) is 42.8. The van der Waals surface area contributed by atoms with Crippen molar-refractivity contribution < 1.29 is 4.42 Å². The first-order valence-electron chi connectivity index (χ1n) is 42.0. The summed E-state index contributed by atoms with van der Waals surface area (Å²) in [6, 6.07) is 167. The smallest absolute Gasteiger partial charge is 0.135 e. The third-order valence-corrected chi connectivity index (χ3v) is 27.4. The van der Waals surface area contributed by atoms with E-state index in [-0.39, 0.29) is 0 Å². The van der Waals surface area contributed by atoms with Crippen molar-refractivity contribution in [1.82, 2.24) is 0 Å². The Bertz CT molecular complexity index is 7700. The lowest BCUT2D eigenvalue weighted by molar-refractivity contribution is 0.669. The van der Waals surface area contributed by atoms with Gasteiger partial charge in [-0.2, -0.15) is 0 Å². The molecule has 0 saturated heterocycles. The number of anilines is 12. The van der Waals surface area contributed by atoms with Crippen LogP contribution in [0.3, 0.4) is 0 Å². The zero-order valence-electron chi connectivity index (χ0n) is 66.3. The topological polar surface area (TPSA) is 26.1 Å². The summed E-state index contributed by atoms with van der Waals surface area (Å²) < 4.78 is 9.03. The van der Waals surface area contributed by atoms with Crippen LogP contribution in [0.25, 0.3) is 109 Å². The number of para-hydroxylation sites is 6. The van der Waals surface area contributed by atoms with Crippen LogP contribution in [0.1, 0.15) is 44.5 Å². The van der Waals surface area contributed by atoms with E-state index in [2.05, 4.69) is 462 Å². The fourth-order valence-electron chi connectivity index (χ4n) is 21.0. The molecule has 0 atom stereocenters. The molecular weight excluding hydrogens is 1500 g/mol. The molecule has 0 bridgehead atoms. The molecule has 122 heavy (non-hydrogen) atoms. The zero-order chi connectivity index (χ0) is 80.1. The number of hydrogen-bond acceptors (Lipinski definition) is 6. The Balaban J connectivity index is 0.564. The molecule has 19 aromatic carbocycles. The number of furan rings is 1. The molecule has 570 valence electrons. The van der Waals surface area contributed by atoms with E-state index in [1.54, 1.807) is 0 Å². The van der Waals surface area contributed by atoms with Crippen molar-refractivity contribution in [2.75, 3.05) is 19.6 Å². The van der Waals surface area contributed by atoms with Gasteiger partial charge in [0, 0.05) is 76.4 Å². The molecule has 21 aromatic rings. The molecule has 0 radical (unpaired) electrons. The standard InChI is InChI=1S/C116H74N4OS/c1-3-25-75(26-4-1)77-53-58-85(59-54-77)118(90-64-67-112-97(74-90)93-35-9-21-47-111(93)121-112)89-63-66-102-96(73-89)92-34-8-12-38-100(92)116(102)105-41-15-19-45-109(105)120(110-46-20-16-42-106(110)116)87-32-23-27-80(69-87)79-51-49-76(50-52-79)78-55-60-84(61-56-78)117(86-31-24-28-81(70-86)82-57-68-114-98(71-82)94-36-10-22-48-113(94)122-114)88-62-65-101-95(72-88)91-33-7-11-37-99(91)115(101)103-39-13-17-43-107(103)119(83-29-5-2-6-30-83)108-44-18-14-40-104(108)115/h1-74H. The predicted molar refractivity (Wildman–Crippen MR) is 509 cm³/mol. The SMILES string of the molecule is c1ccc(-c2ccc(N(c3ccc4c(c3)-c3ccccc3C43c4ccccc4N(c4cccc(-c5ccc(-c6ccc(N(c7cccc(-c8ccc9sc%10ccccc%10c9c8)c7)c7ccc8c(c7)-c7ccccc7C87c8ccccc8N(c8ccccc8)c8ccccc87)cc6)cc5)c4)c4ccccc43)c3ccc4oc5ccccc5c4c3)cc2)cc1. The summed E-state index contributed by atoms with van der Waals surface area (Å²) in [6.07, 6.45) is 0. The van der Waals surface area contributed by atoms with Gasteiger partial charge >= 0.3 is 0 Å². The van der Waals surface area contributed by atoms with Crippen molar-refractivity contribution in [2.45, 2.75) is 10.8 Å². The van der Waals surface area contributed by atoms with Gasteiger partial charge in [0.1, 0.15) is 11.2 Å². The molecule has 2 spiro atoms. The third kappa shape index (κ3) is 10.5. The molecule has 0 saturated carbocycles. The third-order valence-electron chi connectivity index (χ3n) is 26.2. The van der Waals surface area contributed by atoms with Crippen LogP contribution in [-0.4, -0.2) is 0 Å². The van der Waals surface area contributed by atoms with E-state index in [4.69, 9.17) is 4.42 Å². The van der Waals surface area contributed by atoms with Gasteiger partial charge in [-0.15, -0.1) is 11.3 Å². The van der Waals surface area contributed by atoms with Crippen molar-refractivity contribution in [2.24, 2.45) is 0 Å². The molecule has 4 aliphatic rings. The van der Waals surface area contributed by atoms with Crippen molar-refractivity contribution >= 4 is 122 Å². The highest BCUT2D eigenvalue weighted by molar-refractivity contribution is 7.25. The molecule has 6 heteroatoms. The summed E-state index contributed by atoms with van der Waals surface area (Å²) in [5.41, 5.74) is 38.1. The summed E-state index contributed by atoms with van der Waals surface area (Å²) in [4.78, 5) is 9.82. The lowest BCUT2D eigenvalue weighted by Gasteiger charge is -2.45. The van der Waals surface area contributed by atoms with Crippen LogP contribution in [0, 0.1) is 0 Å². The van der Waals surface area contributed by atoms with Crippen molar-refractivity contribution in [3.8, 4) is 66.8 Å². The summed E-state index contributed by atoms with van der Waals surface area (Å²) in [6.45, 7) is 0. The van der Waals surface area contributed by atoms with Crippen LogP contribution in [-0.2, 0) is 10.8 Å². The zero-order valence-corrected chi connectivity index (χ0v) is 67.1. The van der Waals surface area contributed by atoms with Gasteiger partial charge in [0.25, 0.3) is 0 Å². The predicted octanol–water partition coefficient (Wildman–Crippen LogP) is 31.9. The quantitative estimate of drug-likeness (QED) is 0.121. The van der Waals surface area contributed by atoms with Gasteiger partial charge in [0.15, 0.2) is 0 Å². The van der Waals surface area contributed by atoms with E-state index in [1.807, 2.05) is 17.4 Å². The van der Waals surface area contributed by atoms with Gasteiger partial charge in [0.05, 0.1) is 33.6 Å². The van der Waals surface area contributed by atoms with E-state index < -0.39 is 10.8 Å². The van der Waals surface area contributed by atoms with E-state index in [1.165, 1.54) is 115 Å². The highest BCUT2D eigenvalue weighted by Gasteiger charge is 2.54. The lowest BCUT2D eigenvalue weighted by Crippen LogP contribution is -2.36. The molecule has 25 rings (SSSR count). The van der Waals surface area contributed by atoms with Gasteiger partial charge < -0.3 is 24.0 Å². The number of thiophene rings is 1. The molecule has 2 aliphatic carbocycles. The maximum atomic E-state index is 6.43. The Morgan fingerprint density at radius 1 is 0.197 bits per heavy atom. The monoisotopic (exact) mass is 1570 g/mol. The fourth-order valence-corrected chi connectivity index (χ4v) is 22.1.